The third kappa shape index (κ3) is 4.72. The fourth-order valence-corrected chi connectivity index (χ4v) is 5.11. The van der Waals surface area contributed by atoms with Crippen LogP contribution in [0.2, 0.25) is 0 Å². The maximum absolute atomic E-state index is 13.6. The lowest BCUT2D eigenvalue weighted by Gasteiger charge is -2.42. The van der Waals surface area contributed by atoms with Gasteiger partial charge in [-0.1, -0.05) is 91.0 Å². The van der Waals surface area contributed by atoms with Crippen LogP contribution in [0.3, 0.4) is 0 Å². The van der Waals surface area contributed by atoms with Crippen LogP contribution in [-0.4, -0.2) is 38.1 Å². The van der Waals surface area contributed by atoms with E-state index < -0.39 is 11.3 Å². The van der Waals surface area contributed by atoms with E-state index in [1.165, 1.54) is 0 Å². The lowest BCUT2D eigenvalue weighted by Crippen LogP contribution is -2.49. The normalized spacial score (nSPS) is 15.2. The average molecular weight is 495 g/mol. The van der Waals surface area contributed by atoms with E-state index >= 15 is 0 Å². The number of amides is 1. The highest BCUT2D eigenvalue weighted by atomic mass is 16.3. The number of aromatic nitrogens is 2. The Kier molecular flexibility index (Phi) is 6.77. The van der Waals surface area contributed by atoms with E-state index in [4.69, 9.17) is 0 Å². The molecule has 188 valence electrons. The van der Waals surface area contributed by atoms with Gasteiger partial charge in [0.25, 0.3) is 5.91 Å². The van der Waals surface area contributed by atoms with Crippen LogP contribution in [0.5, 0.6) is 5.75 Å². The number of hydrogen-bond acceptors (Lipinski definition) is 5. The SMILES string of the molecule is CC(C)N1C[C@H](C(c2ccccc2)c2ccccc2)n2c(NCc3ccccc3)nc(=O)c(O)c2C1=O. The molecular formula is C30H30N4O3. The van der Waals surface area contributed by atoms with Gasteiger partial charge in [0, 0.05) is 25.0 Å². The fraction of sp³-hybridized carbons (Fsp3) is 0.233. The van der Waals surface area contributed by atoms with Crippen molar-refractivity contribution in [3.8, 4) is 5.75 Å². The standard InChI is InChI=1S/C30H30N4O3/c1-20(2)33-19-24(25(22-14-8-4-9-15-22)23-16-10-5-11-17-23)34-26(29(33)37)27(35)28(36)32-30(34)31-18-21-12-6-3-7-13-21/h3-17,20,24-25,35H,18-19H2,1-2H3,(H,31,32,36)/t24-/m1/s1. The largest absolute Gasteiger partial charge is 0.501 e. The van der Waals surface area contributed by atoms with E-state index in [-0.39, 0.29) is 35.6 Å². The first kappa shape index (κ1) is 24.3. The molecule has 2 N–H and O–H groups in total. The maximum atomic E-state index is 13.6. The minimum absolute atomic E-state index is 0.0302. The molecule has 4 aromatic rings. The molecule has 0 bridgehead atoms. The second-order valence-corrected chi connectivity index (χ2v) is 9.56. The summed E-state index contributed by atoms with van der Waals surface area (Å²) in [5.41, 5.74) is 2.28. The highest BCUT2D eigenvalue weighted by Gasteiger charge is 2.41. The summed E-state index contributed by atoms with van der Waals surface area (Å²) >= 11 is 0. The summed E-state index contributed by atoms with van der Waals surface area (Å²) in [6, 6.07) is 29.5. The van der Waals surface area contributed by atoms with Crippen LogP contribution in [0.1, 0.15) is 53.0 Å². The molecule has 0 spiro atoms. The number of anilines is 1. The van der Waals surface area contributed by atoms with Crippen molar-refractivity contribution < 1.29 is 9.90 Å². The summed E-state index contributed by atoms with van der Waals surface area (Å²) in [6.07, 6.45) is 0. The van der Waals surface area contributed by atoms with Crippen molar-refractivity contribution in [2.45, 2.75) is 38.4 Å². The Morgan fingerprint density at radius 2 is 1.43 bits per heavy atom. The Bertz CT molecular complexity index is 1400. The molecule has 1 aliphatic rings. The number of benzene rings is 3. The van der Waals surface area contributed by atoms with E-state index in [0.29, 0.717) is 13.1 Å². The zero-order valence-corrected chi connectivity index (χ0v) is 20.9. The van der Waals surface area contributed by atoms with Gasteiger partial charge in [-0.25, -0.2) is 0 Å². The smallest absolute Gasteiger partial charge is 0.317 e. The summed E-state index contributed by atoms with van der Waals surface area (Å²) in [5, 5.41) is 14.2. The lowest BCUT2D eigenvalue weighted by molar-refractivity contribution is 0.0588. The van der Waals surface area contributed by atoms with E-state index in [0.717, 1.165) is 16.7 Å². The van der Waals surface area contributed by atoms with Crippen molar-refractivity contribution in [1.29, 1.82) is 0 Å². The zero-order chi connectivity index (χ0) is 25.9. The van der Waals surface area contributed by atoms with Crippen LogP contribution in [0.25, 0.3) is 0 Å². The molecule has 7 heteroatoms. The Morgan fingerprint density at radius 3 is 1.97 bits per heavy atom. The van der Waals surface area contributed by atoms with Crippen LogP contribution in [-0.2, 0) is 6.54 Å². The molecule has 3 aromatic carbocycles. The molecular weight excluding hydrogens is 464 g/mol. The summed E-state index contributed by atoms with van der Waals surface area (Å²) < 4.78 is 1.74. The van der Waals surface area contributed by atoms with Gasteiger partial charge in [-0.3, -0.25) is 14.2 Å². The molecule has 0 saturated heterocycles. The molecule has 0 radical (unpaired) electrons. The summed E-state index contributed by atoms with van der Waals surface area (Å²) in [5.74, 6) is -0.909. The van der Waals surface area contributed by atoms with Crippen molar-refractivity contribution in [3.63, 3.8) is 0 Å². The lowest BCUT2D eigenvalue weighted by atomic mass is 9.83. The van der Waals surface area contributed by atoms with Gasteiger partial charge >= 0.3 is 5.56 Å². The molecule has 1 amide bonds. The number of hydrogen-bond donors (Lipinski definition) is 2. The van der Waals surface area contributed by atoms with Crippen molar-refractivity contribution in [2.75, 3.05) is 11.9 Å². The quantitative estimate of drug-likeness (QED) is 0.385. The van der Waals surface area contributed by atoms with Crippen molar-refractivity contribution in [3.05, 3.63) is 124 Å². The Labute approximate surface area is 216 Å². The Hall–Kier alpha value is -4.39. The number of nitrogens with one attached hydrogen (secondary N) is 1. The molecule has 0 unspecified atom stereocenters. The average Bonchev–Trinajstić information content (AvgIpc) is 2.92. The van der Waals surface area contributed by atoms with Gasteiger partial charge in [-0.05, 0) is 30.5 Å². The Balaban J connectivity index is 1.72. The van der Waals surface area contributed by atoms with Gasteiger partial charge in [0.2, 0.25) is 11.7 Å². The minimum Gasteiger partial charge on any atom is -0.501 e. The number of carbonyl (C=O) groups excluding carboxylic acids is 1. The van der Waals surface area contributed by atoms with Crippen molar-refractivity contribution in [2.24, 2.45) is 0 Å². The van der Waals surface area contributed by atoms with Crippen LogP contribution in [0.4, 0.5) is 5.95 Å². The summed E-state index contributed by atoms with van der Waals surface area (Å²) in [4.78, 5) is 32.3. The monoisotopic (exact) mass is 494 g/mol. The van der Waals surface area contributed by atoms with E-state index in [9.17, 15) is 14.7 Å². The van der Waals surface area contributed by atoms with Gasteiger partial charge in [0.1, 0.15) is 0 Å². The topological polar surface area (TPSA) is 87.5 Å². The minimum atomic E-state index is -0.824. The number of rotatable bonds is 7. The molecule has 0 fully saturated rings. The third-order valence-electron chi connectivity index (χ3n) is 6.90. The van der Waals surface area contributed by atoms with Crippen LogP contribution >= 0.6 is 0 Å². The van der Waals surface area contributed by atoms with Gasteiger partial charge in [0.05, 0.1) is 6.04 Å². The van der Waals surface area contributed by atoms with Crippen LogP contribution < -0.4 is 10.9 Å². The highest BCUT2D eigenvalue weighted by Crippen LogP contribution is 2.41. The molecule has 1 aliphatic heterocycles. The van der Waals surface area contributed by atoms with E-state index in [2.05, 4.69) is 34.6 Å². The summed E-state index contributed by atoms with van der Waals surface area (Å²) in [7, 11) is 0. The van der Waals surface area contributed by atoms with Gasteiger partial charge in [-0.2, -0.15) is 4.98 Å². The Morgan fingerprint density at radius 1 is 0.892 bits per heavy atom. The number of fused-ring (bicyclic) bond motifs is 1. The second-order valence-electron chi connectivity index (χ2n) is 9.56. The molecule has 2 heterocycles. The van der Waals surface area contributed by atoms with Crippen molar-refractivity contribution in [1.82, 2.24) is 14.5 Å². The van der Waals surface area contributed by atoms with Gasteiger partial charge in [0.15, 0.2) is 5.69 Å². The highest BCUT2D eigenvalue weighted by molar-refractivity contribution is 5.96. The number of nitrogens with zero attached hydrogens (tertiary/aromatic N) is 3. The molecule has 37 heavy (non-hydrogen) atoms. The van der Waals surface area contributed by atoms with Crippen molar-refractivity contribution >= 4 is 11.9 Å². The molecule has 0 aliphatic carbocycles. The molecule has 5 rings (SSSR count). The predicted octanol–water partition coefficient (Wildman–Crippen LogP) is 4.80. The zero-order valence-electron chi connectivity index (χ0n) is 20.9. The fourth-order valence-electron chi connectivity index (χ4n) is 5.11. The summed E-state index contributed by atoms with van der Waals surface area (Å²) in [6.45, 7) is 4.68. The number of aromatic hydroxyl groups is 1. The molecule has 1 atom stereocenters. The first-order chi connectivity index (χ1) is 18.0. The van der Waals surface area contributed by atoms with Crippen LogP contribution in [0, 0.1) is 0 Å². The predicted molar refractivity (Wildman–Crippen MR) is 144 cm³/mol. The molecule has 7 nitrogen and oxygen atoms in total. The van der Waals surface area contributed by atoms with Gasteiger partial charge in [-0.15, -0.1) is 0 Å². The second kappa shape index (κ2) is 10.3. The first-order valence-electron chi connectivity index (χ1n) is 12.5. The van der Waals surface area contributed by atoms with Gasteiger partial charge < -0.3 is 15.3 Å². The molecule has 1 aromatic heterocycles. The van der Waals surface area contributed by atoms with E-state index in [1.807, 2.05) is 80.6 Å². The van der Waals surface area contributed by atoms with Crippen LogP contribution in [0.15, 0.2) is 95.8 Å². The van der Waals surface area contributed by atoms with E-state index in [1.54, 1.807) is 9.47 Å². The maximum Gasteiger partial charge on any atom is 0.317 e. The number of carbonyl (C=O) groups is 1. The molecule has 0 saturated carbocycles. The third-order valence-corrected chi connectivity index (χ3v) is 6.90. The first-order valence-corrected chi connectivity index (χ1v) is 12.5.